The molecule has 3 nitrogen and oxygen atoms in total. The Labute approximate surface area is 117 Å². The molecule has 1 aliphatic carbocycles. The molecule has 0 bridgehead atoms. The Hall–Kier alpha value is -0.640. The van der Waals surface area contributed by atoms with Crippen molar-refractivity contribution in [3.05, 3.63) is 22.2 Å². The zero-order valence-corrected chi connectivity index (χ0v) is 11.7. The summed E-state index contributed by atoms with van der Waals surface area (Å²) in [6.45, 7) is 4.26. The Balaban J connectivity index is 1.73. The minimum atomic E-state index is 0.523. The third-order valence-corrected chi connectivity index (χ3v) is 4.51. The van der Waals surface area contributed by atoms with Crippen molar-refractivity contribution in [2.75, 3.05) is 36.8 Å². The lowest BCUT2D eigenvalue weighted by Crippen LogP contribution is -2.47. The van der Waals surface area contributed by atoms with Gasteiger partial charge in [0, 0.05) is 32.2 Å². The molecule has 98 valence electrons. The summed E-state index contributed by atoms with van der Waals surface area (Å²) >= 11 is 12.0. The van der Waals surface area contributed by atoms with Crippen LogP contribution in [0.25, 0.3) is 0 Å². The first-order valence-corrected chi connectivity index (χ1v) is 7.14. The fraction of sp³-hybridized carbons (Fsp3) is 0.538. The van der Waals surface area contributed by atoms with Crippen LogP contribution in [-0.4, -0.2) is 37.1 Å². The summed E-state index contributed by atoms with van der Waals surface area (Å²) in [7, 11) is 0. The van der Waals surface area contributed by atoms with E-state index in [1.807, 2.05) is 6.07 Å². The highest BCUT2D eigenvalue weighted by molar-refractivity contribution is 6.42. The summed E-state index contributed by atoms with van der Waals surface area (Å²) in [5, 5.41) is 1.10. The van der Waals surface area contributed by atoms with Crippen molar-refractivity contribution in [2.45, 2.75) is 18.9 Å². The minimum absolute atomic E-state index is 0.523. The zero-order chi connectivity index (χ0) is 12.7. The van der Waals surface area contributed by atoms with Crippen LogP contribution < -0.4 is 10.6 Å². The second kappa shape index (κ2) is 4.80. The number of nitrogens with two attached hydrogens (primary N) is 1. The van der Waals surface area contributed by atoms with Crippen LogP contribution in [0.4, 0.5) is 11.4 Å². The summed E-state index contributed by atoms with van der Waals surface area (Å²) in [4.78, 5) is 4.88. The van der Waals surface area contributed by atoms with E-state index in [9.17, 15) is 0 Å². The Morgan fingerprint density at radius 3 is 2.22 bits per heavy atom. The zero-order valence-electron chi connectivity index (χ0n) is 10.2. The molecule has 2 fully saturated rings. The maximum Gasteiger partial charge on any atom is 0.0616 e. The molecule has 1 aromatic carbocycles. The maximum atomic E-state index is 6.07. The van der Waals surface area contributed by atoms with Crippen LogP contribution in [0.2, 0.25) is 10.0 Å². The molecule has 2 aliphatic rings. The van der Waals surface area contributed by atoms with Crippen LogP contribution in [0.15, 0.2) is 12.1 Å². The van der Waals surface area contributed by atoms with Crippen molar-refractivity contribution in [1.82, 2.24) is 4.90 Å². The summed E-state index contributed by atoms with van der Waals surface area (Å²) in [5.41, 5.74) is 7.76. The molecule has 0 unspecified atom stereocenters. The van der Waals surface area contributed by atoms with Gasteiger partial charge >= 0.3 is 0 Å². The first-order valence-electron chi connectivity index (χ1n) is 6.38. The molecular weight excluding hydrogens is 269 g/mol. The van der Waals surface area contributed by atoms with Gasteiger partial charge in [0.25, 0.3) is 0 Å². The van der Waals surface area contributed by atoms with Crippen LogP contribution in [-0.2, 0) is 0 Å². The summed E-state index contributed by atoms with van der Waals surface area (Å²) in [6, 6.07) is 4.47. The Bertz CT molecular complexity index is 452. The predicted molar refractivity (Wildman–Crippen MR) is 77.7 cm³/mol. The number of piperazine rings is 1. The summed E-state index contributed by atoms with van der Waals surface area (Å²) < 4.78 is 0. The van der Waals surface area contributed by atoms with Crippen molar-refractivity contribution in [3.8, 4) is 0 Å². The third-order valence-electron chi connectivity index (χ3n) is 3.79. The van der Waals surface area contributed by atoms with E-state index in [2.05, 4.69) is 9.80 Å². The molecule has 18 heavy (non-hydrogen) atoms. The molecule has 0 atom stereocenters. The molecule has 1 saturated heterocycles. The van der Waals surface area contributed by atoms with Gasteiger partial charge in [-0.3, -0.25) is 4.90 Å². The quantitative estimate of drug-likeness (QED) is 0.849. The number of nitrogen functional groups attached to an aromatic ring is 1. The first-order chi connectivity index (χ1) is 8.65. The lowest BCUT2D eigenvalue weighted by atomic mass is 10.2. The molecule has 0 radical (unpaired) electrons. The number of halogens is 2. The van der Waals surface area contributed by atoms with E-state index >= 15 is 0 Å². The van der Waals surface area contributed by atoms with Gasteiger partial charge in [-0.05, 0) is 25.0 Å². The largest absolute Gasteiger partial charge is 0.397 e. The van der Waals surface area contributed by atoms with Crippen LogP contribution in [0, 0.1) is 0 Å². The molecule has 5 heteroatoms. The number of benzene rings is 1. The standard InChI is InChI=1S/C13H17Cl2N3/c14-10-7-12(16)13(8-11(10)15)18-5-3-17(4-6-18)9-1-2-9/h7-9H,1-6,16H2. The van der Waals surface area contributed by atoms with Crippen LogP contribution in [0.1, 0.15) is 12.8 Å². The predicted octanol–water partition coefficient (Wildman–Crippen LogP) is 2.86. The van der Waals surface area contributed by atoms with Crippen LogP contribution in [0.5, 0.6) is 0 Å². The number of hydrogen-bond donors (Lipinski definition) is 1. The number of rotatable bonds is 2. The van der Waals surface area contributed by atoms with Gasteiger partial charge in [0.05, 0.1) is 21.4 Å². The van der Waals surface area contributed by atoms with Gasteiger partial charge in [0.15, 0.2) is 0 Å². The van der Waals surface area contributed by atoms with Crippen molar-refractivity contribution in [1.29, 1.82) is 0 Å². The average molecular weight is 286 g/mol. The van der Waals surface area contributed by atoms with Gasteiger partial charge < -0.3 is 10.6 Å². The SMILES string of the molecule is Nc1cc(Cl)c(Cl)cc1N1CCN(C2CC2)CC1. The van der Waals surface area contributed by atoms with Crippen molar-refractivity contribution in [2.24, 2.45) is 0 Å². The highest BCUT2D eigenvalue weighted by Crippen LogP contribution is 2.34. The third kappa shape index (κ3) is 2.40. The topological polar surface area (TPSA) is 32.5 Å². The molecule has 1 aliphatic heterocycles. The smallest absolute Gasteiger partial charge is 0.0616 e. The van der Waals surface area contributed by atoms with Crippen LogP contribution >= 0.6 is 23.2 Å². The molecule has 2 N–H and O–H groups in total. The number of hydrogen-bond acceptors (Lipinski definition) is 3. The van der Waals surface area contributed by atoms with Crippen molar-refractivity contribution < 1.29 is 0 Å². The summed E-state index contributed by atoms with van der Waals surface area (Å²) in [6.07, 6.45) is 2.74. The van der Waals surface area contributed by atoms with E-state index in [1.165, 1.54) is 12.8 Å². The first kappa shape index (κ1) is 12.4. The number of nitrogens with zero attached hydrogens (tertiary/aromatic N) is 2. The van der Waals surface area contributed by atoms with E-state index in [-0.39, 0.29) is 0 Å². The molecule has 1 saturated carbocycles. The van der Waals surface area contributed by atoms with Gasteiger partial charge in [0.2, 0.25) is 0 Å². The molecule has 0 amide bonds. The van der Waals surface area contributed by atoms with Gasteiger partial charge in [-0.2, -0.15) is 0 Å². The molecule has 3 rings (SSSR count). The average Bonchev–Trinajstić information content (AvgIpc) is 3.18. The number of anilines is 2. The molecule has 0 aromatic heterocycles. The van der Waals surface area contributed by atoms with Crippen molar-refractivity contribution >= 4 is 34.6 Å². The second-order valence-electron chi connectivity index (χ2n) is 5.08. The highest BCUT2D eigenvalue weighted by Gasteiger charge is 2.31. The molecular formula is C13H17Cl2N3. The molecule has 1 heterocycles. The highest BCUT2D eigenvalue weighted by atomic mass is 35.5. The van der Waals surface area contributed by atoms with E-state index < -0.39 is 0 Å². The normalized spacial score (nSPS) is 21.3. The van der Waals surface area contributed by atoms with E-state index in [0.29, 0.717) is 15.7 Å². The van der Waals surface area contributed by atoms with Gasteiger partial charge in [-0.1, -0.05) is 23.2 Å². The van der Waals surface area contributed by atoms with Gasteiger partial charge in [-0.15, -0.1) is 0 Å². The fourth-order valence-electron chi connectivity index (χ4n) is 2.59. The lowest BCUT2D eigenvalue weighted by Gasteiger charge is -2.36. The monoisotopic (exact) mass is 285 g/mol. The fourth-order valence-corrected chi connectivity index (χ4v) is 2.92. The second-order valence-corrected chi connectivity index (χ2v) is 5.89. The summed E-state index contributed by atoms with van der Waals surface area (Å²) in [5.74, 6) is 0. The van der Waals surface area contributed by atoms with E-state index in [4.69, 9.17) is 28.9 Å². The maximum absolute atomic E-state index is 6.07. The van der Waals surface area contributed by atoms with Gasteiger partial charge in [0.1, 0.15) is 0 Å². The van der Waals surface area contributed by atoms with Crippen molar-refractivity contribution in [3.63, 3.8) is 0 Å². The lowest BCUT2D eigenvalue weighted by molar-refractivity contribution is 0.248. The van der Waals surface area contributed by atoms with E-state index in [0.717, 1.165) is 37.9 Å². The van der Waals surface area contributed by atoms with E-state index in [1.54, 1.807) is 6.07 Å². The Morgan fingerprint density at radius 1 is 1.00 bits per heavy atom. The Morgan fingerprint density at radius 2 is 1.61 bits per heavy atom. The minimum Gasteiger partial charge on any atom is -0.397 e. The van der Waals surface area contributed by atoms with Gasteiger partial charge in [-0.25, -0.2) is 0 Å². The molecule has 0 spiro atoms. The molecule has 1 aromatic rings. The van der Waals surface area contributed by atoms with Crippen LogP contribution in [0.3, 0.4) is 0 Å². The Kier molecular flexibility index (Phi) is 3.31.